The van der Waals surface area contributed by atoms with Gasteiger partial charge in [-0.25, -0.2) is 0 Å². The highest BCUT2D eigenvalue weighted by atomic mass is 16.3. The zero-order valence-corrected chi connectivity index (χ0v) is 9.95. The number of aliphatic hydroxyl groups is 1. The SMILES string of the molecule is CNCC(O)C1(c2ccccc2)CCCC1. The van der Waals surface area contributed by atoms with Gasteiger partial charge in [0.05, 0.1) is 6.10 Å². The second-order valence-electron chi connectivity index (χ2n) is 4.80. The molecule has 1 aliphatic carbocycles. The molecule has 0 aliphatic heterocycles. The van der Waals surface area contributed by atoms with Gasteiger partial charge in [-0.2, -0.15) is 0 Å². The topological polar surface area (TPSA) is 32.3 Å². The molecule has 0 bridgehead atoms. The van der Waals surface area contributed by atoms with E-state index in [1.165, 1.54) is 18.4 Å². The maximum absolute atomic E-state index is 10.4. The first kappa shape index (κ1) is 11.6. The molecular weight excluding hydrogens is 198 g/mol. The number of hydrogen-bond donors (Lipinski definition) is 2. The summed E-state index contributed by atoms with van der Waals surface area (Å²) in [5.41, 5.74) is 1.29. The highest BCUT2D eigenvalue weighted by molar-refractivity contribution is 5.28. The van der Waals surface area contributed by atoms with Gasteiger partial charge in [-0.05, 0) is 25.5 Å². The van der Waals surface area contributed by atoms with Crippen molar-refractivity contribution in [2.75, 3.05) is 13.6 Å². The molecule has 1 unspecified atom stereocenters. The van der Waals surface area contributed by atoms with Crippen LogP contribution in [-0.2, 0) is 5.41 Å². The third-order valence-corrected chi connectivity index (χ3v) is 3.88. The monoisotopic (exact) mass is 219 g/mol. The molecule has 16 heavy (non-hydrogen) atoms. The van der Waals surface area contributed by atoms with E-state index < -0.39 is 0 Å². The molecule has 2 nitrogen and oxygen atoms in total. The van der Waals surface area contributed by atoms with Crippen molar-refractivity contribution in [3.8, 4) is 0 Å². The van der Waals surface area contributed by atoms with Gasteiger partial charge in [0.25, 0.3) is 0 Å². The Bertz CT molecular complexity index is 317. The summed E-state index contributed by atoms with van der Waals surface area (Å²) in [6.07, 6.45) is 4.41. The Morgan fingerprint density at radius 3 is 2.44 bits per heavy atom. The quantitative estimate of drug-likeness (QED) is 0.812. The van der Waals surface area contributed by atoms with Crippen LogP contribution in [0.1, 0.15) is 31.2 Å². The first-order valence-corrected chi connectivity index (χ1v) is 6.18. The molecule has 1 aromatic carbocycles. The first-order chi connectivity index (χ1) is 7.79. The van der Waals surface area contributed by atoms with Crippen LogP contribution < -0.4 is 5.32 Å². The summed E-state index contributed by atoms with van der Waals surface area (Å²) < 4.78 is 0. The number of likely N-dealkylation sites (N-methyl/N-ethyl adjacent to an activating group) is 1. The van der Waals surface area contributed by atoms with Crippen LogP contribution in [0.2, 0.25) is 0 Å². The summed E-state index contributed by atoms with van der Waals surface area (Å²) in [5, 5.41) is 13.5. The molecule has 1 atom stereocenters. The second-order valence-corrected chi connectivity index (χ2v) is 4.80. The number of rotatable bonds is 4. The Morgan fingerprint density at radius 2 is 1.88 bits per heavy atom. The molecule has 0 amide bonds. The molecule has 0 saturated heterocycles. The predicted molar refractivity (Wildman–Crippen MR) is 66.5 cm³/mol. The van der Waals surface area contributed by atoms with Gasteiger partial charge in [0.2, 0.25) is 0 Å². The normalized spacial score (nSPS) is 20.9. The average molecular weight is 219 g/mol. The van der Waals surface area contributed by atoms with Crippen molar-refractivity contribution in [2.24, 2.45) is 0 Å². The molecule has 1 fully saturated rings. The summed E-state index contributed by atoms with van der Waals surface area (Å²) >= 11 is 0. The fourth-order valence-electron chi connectivity index (χ4n) is 2.98. The van der Waals surface area contributed by atoms with Gasteiger partial charge in [0.15, 0.2) is 0 Å². The van der Waals surface area contributed by atoms with E-state index in [1.54, 1.807) is 0 Å². The fraction of sp³-hybridized carbons (Fsp3) is 0.571. The number of nitrogens with one attached hydrogen (secondary N) is 1. The van der Waals surface area contributed by atoms with Gasteiger partial charge >= 0.3 is 0 Å². The van der Waals surface area contributed by atoms with Gasteiger partial charge in [-0.15, -0.1) is 0 Å². The Kier molecular flexibility index (Phi) is 3.62. The summed E-state index contributed by atoms with van der Waals surface area (Å²) in [6.45, 7) is 0.675. The maximum atomic E-state index is 10.4. The van der Waals surface area contributed by atoms with Gasteiger partial charge in [-0.1, -0.05) is 43.2 Å². The minimum Gasteiger partial charge on any atom is -0.391 e. The van der Waals surface area contributed by atoms with Crippen LogP contribution in [0.15, 0.2) is 30.3 Å². The largest absolute Gasteiger partial charge is 0.391 e. The van der Waals surface area contributed by atoms with Crippen molar-refractivity contribution in [1.82, 2.24) is 5.32 Å². The van der Waals surface area contributed by atoms with Crippen molar-refractivity contribution < 1.29 is 5.11 Å². The lowest BCUT2D eigenvalue weighted by molar-refractivity contribution is 0.0835. The van der Waals surface area contributed by atoms with Crippen LogP contribution in [-0.4, -0.2) is 24.8 Å². The molecule has 0 heterocycles. The molecule has 2 heteroatoms. The lowest BCUT2D eigenvalue weighted by atomic mass is 9.74. The minimum atomic E-state index is -0.276. The number of aliphatic hydroxyl groups excluding tert-OH is 1. The summed E-state index contributed by atoms with van der Waals surface area (Å²) in [5.74, 6) is 0. The van der Waals surface area contributed by atoms with E-state index in [0.29, 0.717) is 6.54 Å². The summed E-state index contributed by atoms with van der Waals surface area (Å²) in [7, 11) is 1.90. The lowest BCUT2D eigenvalue weighted by Crippen LogP contribution is -2.42. The van der Waals surface area contributed by atoms with Crippen LogP contribution >= 0.6 is 0 Å². The van der Waals surface area contributed by atoms with Crippen LogP contribution in [0, 0.1) is 0 Å². The molecule has 1 aromatic rings. The van der Waals surface area contributed by atoms with Crippen LogP contribution in [0.4, 0.5) is 0 Å². The van der Waals surface area contributed by atoms with Crippen molar-refractivity contribution >= 4 is 0 Å². The highest BCUT2D eigenvalue weighted by Crippen LogP contribution is 2.43. The summed E-state index contributed by atoms with van der Waals surface area (Å²) in [6, 6.07) is 10.5. The van der Waals surface area contributed by atoms with Gasteiger partial charge in [0, 0.05) is 12.0 Å². The van der Waals surface area contributed by atoms with Gasteiger partial charge in [-0.3, -0.25) is 0 Å². The van der Waals surface area contributed by atoms with Crippen LogP contribution in [0.25, 0.3) is 0 Å². The number of benzene rings is 1. The first-order valence-electron chi connectivity index (χ1n) is 6.18. The maximum Gasteiger partial charge on any atom is 0.0760 e. The zero-order valence-electron chi connectivity index (χ0n) is 9.95. The molecule has 0 radical (unpaired) electrons. The highest BCUT2D eigenvalue weighted by Gasteiger charge is 2.41. The van der Waals surface area contributed by atoms with Crippen molar-refractivity contribution in [2.45, 2.75) is 37.2 Å². The third-order valence-electron chi connectivity index (χ3n) is 3.88. The van der Waals surface area contributed by atoms with Gasteiger partial charge in [0.1, 0.15) is 0 Å². The Hall–Kier alpha value is -0.860. The van der Waals surface area contributed by atoms with Gasteiger partial charge < -0.3 is 10.4 Å². The standard InChI is InChI=1S/C14H21NO/c1-15-11-13(16)14(9-5-6-10-14)12-7-3-2-4-8-12/h2-4,7-8,13,15-16H,5-6,9-11H2,1H3. The second kappa shape index (κ2) is 4.98. The molecule has 0 spiro atoms. The van der Waals surface area contributed by atoms with E-state index in [2.05, 4.69) is 29.6 Å². The third kappa shape index (κ3) is 2.00. The molecule has 1 aliphatic rings. The van der Waals surface area contributed by atoms with Crippen LogP contribution in [0.5, 0.6) is 0 Å². The molecule has 0 aromatic heterocycles. The van der Waals surface area contributed by atoms with E-state index in [4.69, 9.17) is 0 Å². The minimum absolute atomic E-state index is 0.00965. The van der Waals surface area contributed by atoms with E-state index in [9.17, 15) is 5.11 Å². The fourth-order valence-corrected chi connectivity index (χ4v) is 2.98. The Labute approximate surface area is 97.7 Å². The smallest absolute Gasteiger partial charge is 0.0760 e. The Balaban J connectivity index is 2.28. The predicted octanol–water partition coefficient (Wildman–Crippen LogP) is 2.08. The zero-order chi connectivity index (χ0) is 11.4. The van der Waals surface area contributed by atoms with Crippen molar-refractivity contribution in [1.29, 1.82) is 0 Å². The van der Waals surface area contributed by atoms with E-state index in [1.807, 2.05) is 13.1 Å². The molecule has 2 rings (SSSR count). The number of hydrogen-bond acceptors (Lipinski definition) is 2. The lowest BCUT2D eigenvalue weighted by Gasteiger charge is -2.35. The van der Waals surface area contributed by atoms with Crippen molar-refractivity contribution in [3.63, 3.8) is 0 Å². The summed E-state index contributed by atoms with van der Waals surface area (Å²) in [4.78, 5) is 0. The molecule has 88 valence electrons. The van der Waals surface area contributed by atoms with E-state index in [-0.39, 0.29) is 11.5 Å². The van der Waals surface area contributed by atoms with Crippen LogP contribution in [0.3, 0.4) is 0 Å². The van der Waals surface area contributed by atoms with E-state index in [0.717, 1.165) is 12.8 Å². The average Bonchev–Trinajstić information content (AvgIpc) is 2.81. The Morgan fingerprint density at radius 1 is 1.25 bits per heavy atom. The molecular formula is C14H21NO. The molecule has 2 N–H and O–H groups in total. The van der Waals surface area contributed by atoms with E-state index >= 15 is 0 Å². The van der Waals surface area contributed by atoms with Crippen molar-refractivity contribution in [3.05, 3.63) is 35.9 Å². The molecule has 1 saturated carbocycles.